The lowest BCUT2D eigenvalue weighted by molar-refractivity contribution is 0.200. The standard InChI is InChI=1S/C16H21NO/c1-4-5-6-13-7-8-16-15(10-13)14(12(3)18)9-11(2)17-16/h7-10,12,18H,4-6H2,1-3H3. The molecule has 1 aromatic carbocycles. The number of aliphatic hydroxyl groups is 1. The first-order valence-corrected chi connectivity index (χ1v) is 6.70. The van der Waals surface area contributed by atoms with Gasteiger partial charge < -0.3 is 5.11 Å². The highest BCUT2D eigenvalue weighted by molar-refractivity contribution is 5.83. The van der Waals surface area contributed by atoms with Crippen LogP contribution in [0.25, 0.3) is 10.9 Å². The minimum Gasteiger partial charge on any atom is -0.389 e. The summed E-state index contributed by atoms with van der Waals surface area (Å²) in [6, 6.07) is 8.38. The Labute approximate surface area is 109 Å². The van der Waals surface area contributed by atoms with E-state index in [9.17, 15) is 5.11 Å². The summed E-state index contributed by atoms with van der Waals surface area (Å²) in [6.07, 6.45) is 3.05. The maximum Gasteiger partial charge on any atom is 0.0769 e. The van der Waals surface area contributed by atoms with E-state index < -0.39 is 6.10 Å². The molecule has 0 aliphatic rings. The van der Waals surface area contributed by atoms with E-state index in [4.69, 9.17) is 0 Å². The number of benzene rings is 1. The zero-order valence-corrected chi connectivity index (χ0v) is 11.4. The van der Waals surface area contributed by atoms with Gasteiger partial charge in [0.05, 0.1) is 11.6 Å². The molecule has 0 spiro atoms. The van der Waals surface area contributed by atoms with Crippen molar-refractivity contribution in [2.75, 3.05) is 0 Å². The molecule has 2 rings (SSSR count). The highest BCUT2D eigenvalue weighted by Crippen LogP contribution is 2.25. The number of hydrogen-bond donors (Lipinski definition) is 1. The van der Waals surface area contributed by atoms with Crippen LogP contribution in [0.4, 0.5) is 0 Å². The van der Waals surface area contributed by atoms with Gasteiger partial charge in [0.15, 0.2) is 0 Å². The van der Waals surface area contributed by atoms with Crippen LogP contribution in [0.2, 0.25) is 0 Å². The van der Waals surface area contributed by atoms with Gasteiger partial charge in [0.1, 0.15) is 0 Å². The molecule has 2 heteroatoms. The van der Waals surface area contributed by atoms with E-state index in [2.05, 4.69) is 30.1 Å². The van der Waals surface area contributed by atoms with Gasteiger partial charge in [-0.2, -0.15) is 0 Å². The Kier molecular flexibility index (Phi) is 3.97. The predicted octanol–water partition coefficient (Wildman–Crippen LogP) is 3.94. The Morgan fingerprint density at radius 2 is 2.06 bits per heavy atom. The molecule has 1 N–H and O–H groups in total. The second-order valence-corrected chi connectivity index (χ2v) is 4.98. The van der Waals surface area contributed by atoms with Crippen molar-refractivity contribution < 1.29 is 5.11 Å². The van der Waals surface area contributed by atoms with Crippen molar-refractivity contribution in [1.29, 1.82) is 0 Å². The van der Waals surface area contributed by atoms with Crippen LogP contribution in [-0.2, 0) is 6.42 Å². The van der Waals surface area contributed by atoms with Crippen LogP contribution in [-0.4, -0.2) is 10.1 Å². The molecule has 2 aromatic rings. The summed E-state index contributed by atoms with van der Waals surface area (Å²) >= 11 is 0. The normalized spacial score (nSPS) is 12.9. The molecule has 1 atom stereocenters. The van der Waals surface area contributed by atoms with Gasteiger partial charge in [-0.15, -0.1) is 0 Å². The van der Waals surface area contributed by atoms with Crippen LogP contribution in [0.1, 0.15) is 49.6 Å². The van der Waals surface area contributed by atoms with Crippen LogP contribution in [0.3, 0.4) is 0 Å². The number of pyridine rings is 1. The molecular weight excluding hydrogens is 222 g/mol. The molecule has 0 fully saturated rings. The lowest BCUT2D eigenvalue weighted by Crippen LogP contribution is -1.97. The van der Waals surface area contributed by atoms with Crippen molar-refractivity contribution in [3.05, 3.63) is 41.1 Å². The van der Waals surface area contributed by atoms with Crippen LogP contribution in [0.15, 0.2) is 24.3 Å². The minimum absolute atomic E-state index is 0.448. The molecule has 0 amide bonds. The van der Waals surface area contributed by atoms with Gasteiger partial charge in [-0.1, -0.05) is 19.4 Å². The summed E-state index contributed by atoms with van der Waals surface area (Å²) in [5.41, 5.74) is 4.25. The number of hydrogen-bond acceptors (Lipinski definition) is 2. The summed E-state index contributed by atoms with van der Waals surface area (Å²) < 4.78 is 0. The lowest BCUT2D eigenvalue weighted by atomic mass is 9.99. The Balaban J connectivity index is 2.52. The third-order valence-corrected chi connectivity index (χ3v) is 3.30. The molecule has 1 unspecified atom stereocenters. The van der Waals surface area contributed by atoms with Crippen molar-refractivity contribution in [2.45, 2.75) is 46.1 Å². The van der Waals surface area contributed by atoms with Gasteiger partial charge in [0.2, 0.25) is 0 Å². The topological polar surface area (TPSA) is 33.1 Å². The fraction of sp³-hybridized carbons (Fsp3) is 0.438. The van der Waals surface area contributed by atoms with Crippen LogP contribution >= 0.6 is 0 Å². The second kappa shape index (κ2) is 5.49. The first kappa shape index (κ1) is 13.0. The van der Waals surface area contributed by atoms with Crippen molar-refractivity contribution >= 4 is 10.9 Å². The number of aliphatic hydroxyl groups excluding tert-OH is 1. The predicted molar refractivity (Wildman–Crippen MR) is 75.7 cm³/mol. The molecule has 18 heavy (non-hydrogen) atoms. The summed E-state index contributed by atoms with van der Waals surface area (Å²) in [5.74, 6) is 0. The van der Waals surface area contributed by atoms with Gasteiger partial charge in [-0.25, -0.2) is 0 Å². The maximum atomic E-state index is 9.89. The zero-order chi connectivity index (χ0) is 13.1. The van der Waals surface area contributed by atoms with Crippen LogP contribution in [0, 0.1) is 6.92 Å². The Bertz CT molecular complexity index is 546. The molecule has 0 bridgehead atoms. The van der Waals surface area contributed by atoms with E-state index >= 15 is 0 Å². The molecule has 0 aliphatic carbocycles. The number of aryl methyl sites for hydroxylation is 2. The van der Waals surface area contributed by atoms with E-state index in [-0.39, 0.29) is 0 Å². The van der Waals surface area contributed by atoms with Crippen LogP contribution < -0.4 is 0 Å². The Morgan fingerprint density at radius 3 is 2.72 bits per heavy atom. The average molecular weight is 243 g/mol. The highest BCUT2D eigenvalue weighted by Gasteiger charge is 2.09. The fourth-order valence-corrected chi connectivity index (χ4v) is 2.32. The van der Waals surface area contributed by atoms with Gasteiger partial charge in [-0.3, -0.25) is 4.98 Å². The highest BCUT2D eigenvalue weighted by atomic mass is 16.3. The first-order chi connectivity index (χ1) is 8.61. The summed E-state index contributed by atoms with van der Waals surface area (Å²) in [5, 5.41) is 11.0. The van der Waals surface area contributed by atoms with E-state index in [1.54, 1.807) is 0 Å². The quantitative estimate of drug-likeness (QED) is 0.882. The molecule has 0 saturated carbocycles. The van der Waals surface area contributed by atoms with E-state index in [1.807, 2.05) is 19.9 Å². The molecule has 0 saturated heterocycles. The molecule has 0 radical (unpaired) electrons. The fourth-order valence-electron chi connectivity index (χ4n) is 2.32. The molecule has 96 valence electrons. The lowest BCUT2D eigenvalue weighted by Gasteiger charge is -2.11. The van der Waals surface area contributed by atoms with E-state index in [0.29, 0.717) is 0 Å². The Hall–Kier alpha value is -1.41. The van der Waals surface area contributed by atoms with Gasteiger partial charge in [0.25, 0.3) is 0 Å². The Morgan fingerprint density at radius 1 is 1.28 bits per heavy atom. The number of rotatable bonds is 4. The van der Waals surface area contributed by atoms with Gasteiger partial charge >= 0.3 is 0 Å². The number of nitrogens with zero attached hydrogens (tertiary/aromatic N) is 1. The SMILES string of the molecule is CCCCc1ccc2nc(C)cc(C(C)O)c2c1. The van der Waals surface area contributed by atoms with Gasteiger partial charge in [0, 0.05) is 11.1 Å². The smallest absolute Gasteiger partial charge is 0.0769 e. The number of fused-ring (bicyclic) bond motifs is 1. The second-order valence-electron chi connectivity index (χ2n) is 4.98. The van der Waals surface area contributed by atoms with Crippen molar-refractivity contribution in [3.8, 4) is 0 Å². The monoisotopic (exact) mass is 243 g/mol. The zero-order valence-electron chi connectivity index (χ0n) is 11.4. The summed E-state index contributed by atoms with van der Waals surface area (Å²) in [7, 11) is 0. The third kappa shape index (κ3) is 2.70. The maximum absolute atomic E-state index is 9.89. The molecule has 1 aromatic heterocycles. The van der Waals surface area contributed by atoms with E-state index in [0.717, 1.165) is 28.6 Å². The largest absolute Gasteiger partial charge is 0.389 e. The van der Waals surface area contributed by atoms with Crippen molar-refractivity contribution in [2.24, 2.45) is 0 Å². The summed E-state index contributed by atoms with van der Waals surface area (Å²) in [6.45, 7) is 5.98. The van der Waals surface area contributed by atoms with E-state index in [1.165, 1.54) is 18.4 Å². The average Bonchev–Trinajstić information content (AvgIpc) is 2.35. The summed E-state index contributed by atoms with van der Waals surface area (Å²) in [4.78, 5) is 4.53. The molecule has 2 nitrogen and oxygen atoms in total. The van der Waals surface area contributed by atoms with Gasteiger partial charge in [-0.05, 0) is 56.0 Å². The minimum atomic E-state index is -0.448. The van der Waals surface area contributed by atoms with Crippen LogP contribution in [0.5, 0.6) is 0 Å². The molecule has 1 heterocycles. The first-order valence-electron chi connectivity index (χ1n) is 6.70. The number of unbranched alkanes of at least 4 members (excludes halogenated alkanes) is 1. The number of aromatic nitrogens is 1. The van der Waals surface area contributed by atoms with Crippen molar-refractivity contribution in [1.82, 2.24) is 4.98 Å². The molecular formula is C16H21NO. The third-order valence-electron chi connectivity index (χ3n) is 3.30. The van der Waals surface area contributed by atoms with Crippen molar-refractivity contribution in [3.63, 3.8) is 0 Å². The molecule has 0 aliphatic heterocycles.